The van der Waals surface area contributed by atoms with Crippen LogP contribution in [0.15, 0.2) is 18.5 Å². The lowest BCUT2D eigenvalue weighted by Crippen LogP contribution is -2.42. The molecule has 8 nitrogen and oxygen atoms in total. The molecule has 2 aromatic heterocycles. The maximum Gasteiger partial charge on any atom is 0.453 e. The fourth-order valence-electron chi connectivity index (χ4n) is 2.95. The molecular weight excluding hydrogens is 363 g/mol. The Bertz CT molecular complexity index is 792. The summed E-state index contributed by atoms with van der Waals surface area (Å²) in [6.07, 6.45) is -0.282. The van der Waals surface area contributed by atoms with Crippen molar-refractivity contribution in [2.24, 2.45) is 0 Å². The number of hydrogen-bond donors (Lipinski definition) is 2. The number of aryl methyl sites for hydroxylation is 1. The van der Waals surface area contributed by atoms with Gasteiger partial charge in [0.05, 0.1) is 6.54 Å². The van der Waals surface area contributed by atoms with Crippen molar-refractivity contribution >= 4 is 11.7 Å². The summed E-state index contributed by atoms with van der Waals surface area (Å²) in [4.78, 5) is 23.6. The zero-order chi connectivity index (χ0) is 19.4. The summed E-state index contributed by atoms with van der Waals surface area (Å²) >= 11 is 0. The van der Waals surface area contributed by atoms with Crippen molar-refractivity contribution in [2.75, 3.05) is 31.1 Å². The molecule has 3 rings (SSSR count). The third kappa shape index (κ3) is 4.66. The Morgan fingerprint density at radius 1 is 1.30 bits per heavy atom. The topological polar surface area (TPSA) is 90.0 Å². The van der Waals surface area contributed by atoms with Gasteiger partial charge in [0, 0.05) is 44.3 Å². The van der Waals surface area contributed by atoms with Crippen LogP contribution in [0.1, 0.15) is 23.6 Å². The molecular formula is C16H20F3N7O. The summed E-state index contributed by atoms with van der Waals surface area (Å²) in [6, 6.07) is 1.61. The maximum atomic E-state index is 12.5. The van der Waals surface area contributed by atoms with E-state index < -0.39 is 12.0 Å². The fourth-order valence-corrected chi connectivity index (χ4v) is 2.95. The van der Waals surface area contributed by atoms with Crippen LogP contribution >= 0.6 is 0 Å². The van der Waals surface area contributed by atoms with Crippen LogP contribution in [0.5, 0.6) is 0 Å². The Labute approximate surface area is 153 Å². The minimum absolute atomic E-state index is 0.0421. The standard InChI is InChI=1S/C16H20F3N7O/c1-11-9-20-4-3-12(11)25-5-2-6-26(8-7-25)15(27)21-10-13-22-14(24-23-13)16(17,18)19/h3-4,9H,2,5-8,10H2,1H3,(H,21,27)(H,22,23,24). The normalized spacial score (nSPS) is 15.6. The first-order valence-corrected chi connectivity index (χ1v) is 8.51. The number of halogens is 3. The number of urea groups is 1. The molecule has 0 spiro atoms. The molecule has 2 N–H and O–H groups in total. The highest BCUT2D eigenvalue weighted by molar-refractivity contribution is 5.74. The predicted molar refractivity (Wildman–Crippen MR) is 91.0 cm³/mol. The molecule has 1 saturated heterocycles. The second kappa shape index (κ2) is 7.80. The van der Waals surface area contributed by atoms with Gasteiger partial charge in [-0.25, -0.2) is 9.78 Å². The van der Waals surface area contributed by atoms with E-state index in [-0.39, 0.29) is 18.4 Å². The van der Waals surface area contributed by atoms with Crippen LogP contribution in [0.25, 0.3) is 0 Å². The molecule has 0 atom stereocenters. The minimum Gasteiger partial charge on any atom is -0.369 e. The molecule has 0 radical (unpaired) electrons. The van der Waals surface area contributed by atoms with Gasteiger partial charge in [-0.05, 0) is 25.0 Å². The van der Waals surface area contributed by atoms with E-state index in [4.69, 9.17) is 0 Å². The first kappa shape index (κ1) is 18.9. The monoisotopic (exact) mass is 383 g/mol. The molecule has 3 heterocycles. The number of H-pyrrole nitrogens is 1. The van der Waals surface area contributed by atoms with Gasteiger partial charge < -0.3 is 15.1 Å². The van der Waals surface area contributed by atoms with Gasteiger partial charge in [-0.2, -0.15) is 13.2 Å². The summed E-state index contributed by atoms with van der Waals surface area (Å²) in [5.74, 6) is -1.29. The largest absolute Gasteiger partial charge is 0.453 e. The summed E-state index contributed by atoms with van der Waals surface area (Å²) in [5.41, 5.74) is 2.16. The molecule has 11 heteroatoms. The number of nitrogens with one attached hydrogen (secondary N) is 2. The average molecular weight is 383 g/mol. The van der Waals surface area contributed by atoms with Crippen molar-refractivity contribution in [3.05, 3.63) is 35.7 Å². The molecule has 0 unspecified atom stereocenters. The summed E-state index contributed by atoms with van der Waals surface area (Å²) in [6.45, 7) is 4.40. The molecule has 1 aliphatic heterocycles. The minimum atomic E-state index is -4.61. The molecule has 0 aliphatic carbocycles. The molecule has 1 fully saturated rings. The van der Waals surface area contributed by atoms with Crippen LogP contribution in [0.3, 0.4) is 0 Å². The van der Waals surface area contributed by atoms with Crippen LogP contribution in [-0.4, -0.2) is 57.3 Å². The molecule has 0 saturated carbocycles. The summed E-state index contributed by atoms with van der Waals surface area (Å²) < 4.78 is 37.5. The van der Waals surface area contributed by atoms with E-state index in [1.165, 1.54) is 0 Å². The molecule has 1 aliphatic rings. The third-order valence-corrected chi connectivity index (χ3v) is 4.31. The fraction of sp³-hybridized carbons (Fsp3) is 0.500. The Kier molecular flexibility index (Phi) is 5.47. The zero-order valence-electron chi connectivity index (χ0n) is 14.8. The van der Waals surface area contributed by atoms with Crippen LogP contribution in [0.2, 0.25) is 0 Å². The second-order valence-electron chi connectivity index (χ2n) is 6.25. The molecule has 2 amide bonds. The number of alkyl halides is 3. The van der Waals surface area contributed by atoms with Crippen molar-refractivity contribution in [3.8, 4) is 0 Å². The van der Waals surface area contributed by atoms with E-state index in [1.54, 1.807) is 17.3 Å². The number of carbonyl (C=O) groups is 1. The Morgan fingerprint density at radius 3 is 2.81 bits per heavy atom. The zero-order valence-corrected chi connectivity index (χ0v) is 14.8. The highest BCUT2D eigenvalue weighted by Crippen LogP contribution is 2.25. The number of aromatic nitrogens is 4. The number of carbonyl (C=O) groups excluding carboxylic acids is 1. The Morgan fingerprint density at radius 2 is 2.11 bits per heavy atom. The first-order chi connectivity index (χ1) is 12.8. The van der Waals surface area contributed by atoms with Gasteiger partial charge >= 0.3 is 12.2 Å². The molecule has 2 aromatic rings. The van der Waals surface area contributed by atoms with Gasteiger partial charge in [0.2, 0.25) is 0 Å². The van der Waals surface area contributed by atoms with Gasteiger partial charge in [-0.3, -0.25) is 10.1 Å². The van der Waals surface area contributed by atoms with Crippen molar-refractivity contribution in [1.82, 2.24) is 30.4 Å². The second-order valence-corrected chi connectivity index (χ2v) is 6.25. The number of rotatable bonds is 3. The quantitative estimate of drug-likeness (QED) is 0.846. The molecule has 0 aromatic carbocycles. The van der Waals surface area contributed by atoms with Crippen molar-refractivity contribution in [2.45, 2.75) is 26.1 Å². The van der Waals surface area contributed by atoms with Gasteiger partial charge in [-0.15, -0.1) is 5.10 Å². The SMILES string of the molecule is Cc1cnccc1N1CCCN(C(=O)NCc2nc(C(F)(F)F)n[nH]2)CC1. The Hall–Kier alpha value is -2.85. The van der Waals surface area contributed by atoms with Crippen LogP contribution in [-0.2, 0) is 12.7 Å². The lowest BCUT2D eigenvalue weighted by molar-refractivity contribution is -0.144. The smallest absolute Gasteiger partial charge is 0.369 e. The van der Waals surface area contributed by atoms with E-state index in [9.17, 15) is 18.0 Å². The van der Waals surface area contributed by atoms with E-state index in [0.29, 0.717) is 19.6 Å². The number of aromatic amines is 1. The van der Waals surface area contributed by atoms with Crippen LogP contribution in [0.4, 0.5) is 23.7 Å². The highest BCUT2D eigenvalue weighted by atomic mass is 19.4. The maximum absolute atomic E-state index is 12.5. The molecule has 0 bridgehead atoms. The van der Waals surface area contributed by atoms with Crippen LogP contribution < -0.4 is 10.2 Å². The molecule has 146 valence electrons. The van der Waals surface area contributed by atoms with E-state index in [2.05, 4.69) is 30.4 Å². The lowest BCUT2D eigenvalue weighted by Gasteiger charge is -2.25. The number of pyridine rings is 1. The number of amides is 2. The van der Waals surface area contributed by atoms with Gasteiger partial charge in [-0.1, -0.05) is 0 Å². The average Bonchev–Trinajstić information content (AvgIpc) is 2.98. The van der Waals surface area contributed by atoms with Gasteiger partial charge in [0.25, 0.3) is 5.82 Å². The van der Waals surface area contributed by atoms with E-state index in [0.717, 1.165) is 24.2 Å². The van der Waals surface area contributed by atoms with Gasteiger partial charge in [0.1, 0.15) is 5.82 Å². The first-order valence-electron chi connectivity index (χ1n) is 8.51. The summed E-state index contributed by atoms with van der Waals surface area (Å²) in [7, 11) is 0. The third-order valence-electron chi connectivity index (χ3n) is 4.31. The number of nitrogens with zero attached hydrogens (tertiary/aromatic N) is 5. The predicted octanol–water partition coefficient (Wildman–Crippen LogP) is 1.95. The van der Waals surface area contributed by atoms with E-state index >= 15 is 0 Å². The summed E-state index contributed by atoms with van der Waals surface area (Å²) in [5, 5.41) is 7.88. The van der Waals surface area contributed by atoms with Crippen molar-refractivity contribution < 1.29 is 18.0 Å². The van der Waals surface area contributed by atoms with E-state index in [1.807, 2.05) is 13.0 Å². The Balaban J connectivity index is 1.54. The highest BCUT2D eigenvalue weighted by Gasteiger charge is 2.36. The number of anilines is 1. The molecule has 27 heavy (non-hydrogen) atoms. The number of hydrogen-bond acceptors (Lipinski definition) is 5. The van der Waals surface area contributed by atoms with Crippen LogP contribution in [0, 0.1) is 6.92 Å². The van der Waals surface area contributed by atoms with Gasteiger partial charge in [0.15, 0.2) is 0 Å². The van der Waals surface area contributed by atoms with Crippen molar-refractivity contribution in [3.63, 3.8) is 0 Å². The lowest BCUT2D eigenvalue weighted by atomic mass is 10.2. The van der Waals surface area contributed by atoms with Crippen molar-refractivity contribution in [1.29, 1.82) is 0 Å².